The predicted octanol–water partition coefficient (Wildman–Crippen LogP) is 3.51. The minimum Gasteiger partial charge on any atom is -0.445 e. The minimum atomic E-state index is -0.985. The van der Waals surface area contributed by atoms with E-state index < -0.39 is 41.9 Å². The zero-order valence-electron chi connectivity index (χ0n) is 24.4. The number of carbonyl (C=O) groups is 4. The fourth-order valence-electron chi connectivity index (χ4n) is 4.26. The maximum atomic E-state index is 13.6. The maximum absolute atomic E-state index is 13.6. The largest absolute Gasteiger partial charge is 0.445 e. The summed E-state index contributed by atoms with van der Waals surface area (Å²) < 4.78 is 10.4. The van der Waals surface area contributed by atoms with Crippen LogP contribution < -0.4 is 21.7 Å². The van der Waals surface area contributed by atoms with E-state index in [0.29, 0.717) is 12.2 Å². The van der Waals surface area contributed by atoms with Crippen LogP contribution in [0.1, 0.15) is 50.0 Å². The standard InChI is InChI=1S/C32H39N5O6/c1-22(2)19-27(37-32(41)42-21-24-11-7-4-8-12-24)31(40)36-28(20-23-9-5-3-6-10-23)30(39)35-25(14-16-29(33)38)13-15-26-17-18-34-43-26/h3-13,15,17-18,22,25,27-28H,14,16,19-21H2,1-2H3,(H2,33,38)(H,35,39)(H,36,40)(H,37,41)/b15-13+/t25-,27+,28+/m1/s1. The summed E-state index contributed by atoms with van der Waals surface area (Å²) in [6, 6.07) is 17.6. The molecule has 0 radical (unpaired) electrons. The molecule has 0 fully saturated rings. The molecule has 0 spiro atoms. The van der Waals surface area contributed by atoms with Gasteiger partial charge in [0.2, 0.25) is 17.7 Å². The van der Waals surface area contributed by atoms with E-state index in [1.165, 1.54) is 6.20 Å². The highest BCUT2D eigenvalue weighted by Gasteiger charge is 2.29. The summed E-state index contributed by atoms with van der Waals surface area (Å²) in [6.45, 7) is 3.90. The van der Waals surface area contributed by atoms with Gasteiger partial charge in [-0.2, -0.15) is 0 Å². The molecule has 0 unspecified atom stereocenters. The van der Waals surface area contributed by atoms with Gasteiger partial charge in [0.1, 0.15) is 18.7 Å². The van der Waals surface area contributed by atoms with Crippen molar-refractivity contribution < 1.29 is 28.4 Å². The molecule has 0 aliphatic carbocycles. The van der Waals surface area contributed by atoms with Crippen LogP contribution >= 0.6 is 0 Å². The zero-order valence-corrected chi connectivity index (χ0v) is 24.4. The van der Waals surface area contributed by atoms with Crippen LogP contribution in [-0.2, 0) is 32.1 Å². The van der Waals surface area contributed by atoms with E-state index in [1.807, 2.05) is 74.5 Å². The van der Waals surface area contributed by atoms with Crippen molar-refractivity contribution in [2.75, 3.05) is 0 Å². The molecule has 11 nitrogen and oxygen atoms in total. The second-order valence-electron chi connectivity index (χ2n) is 10.5. The summed E-state index contributed by atoms with van der Waals surface area (Å²) >= 11 is 0. The van der Waals surface area contributed by atoms with Crippen molar-refractivity contribution in [3.8, 4) is 0 Å². The SMILES string of the molecule is CC(C)C[C@H](NC(=O)OCc1ccccc1)C(=O)N[C@@H](Cc1ccccc1)C(=O)N[C@H](/C=C/c1ccno1)CCC(N)=O. The summed E-state index contributed by atoms with van der Waals surface area (Å²) in [7, 11) is 0. The quantitative estimate of drug-likeness (QED) is 0.198. The van der Waals surface area contributed by atoms with E-state index in [0.717, 1.165) is 11.1 Å². The summed E-state index contributed by atoms with van der Waals surface area (Å²) in [6.07, 6.45) is 4.85. The highest BCUT2D eigenvalue weighted by atomic mass is 16.5. The Labute approximate surface area is 251 Å². The first kappa shape index (κ1) is 32.6. The molecule has 3 rings (SSSR count). The normalized spacial score (nSPS) is 13.2. The molecule has 0 saturated heterocycles. The lowest BCUT2D eigenvalue weighted by Gasteiger charge is -2.25. The Morgan fingerprint density at radius 1 is 0.884 bits per heavy atom. The number of nitrogens with one attached hydrogen (secondary N) is 3. The second-order valence-corrected chi connectivity index (χ2v) is 10.5. The van der Waals surface area contributed by atoms with E-state index in [2.05, 4.69) is 21.1 Å². The lowest BCUT2D eigenvalue weighted by Crippen LogP contribution is -2.55. The summed E-state index contributed by atoms with van der Waals surface area (Å²) in [4.78, 5) is 51.2. The molecule has 5 N–H and O–H groups in total. The Morgan fingerprint density at radius 3 is 2.14 bits per heavy atom. The first-order chi connectivity index (χ1) is 20.7. The number of nitrogens with two attached hydrogens (primary N) is 1. The number of nitrogens with zero attached hydrogens (tertiary/aromatic N) is 1. The number of benzene rings is 2. The molecular weight excluding hydrogens is 550 g/mol. The fourth-order valence-corrected chi connectivity index (χ4v) is 4.26. The van der Waals surface area contributed by atoms with E-state index in [4.69, 9.17) is 15.0 Å². The number of rotatable bonds is 16. The van der Waals surface area contributed by atoms with Crippen LogP contribution in [0.2, 0.25) is 0 Å². The zero-order chi connectivity index (χ0) is 31.0. The van der Waals surface area contributed by atoms with Crippen LogP contribution in [0.25, 0.3) is 6.08 Å². The van der Waals surface area contributed by atoms with Gasteiger partial charge in [-0.25, -0.2) is 4.79 Å². The number of carbonyl (C=O) groups excluding carboxylic acids is 4. The number of hydrogen-bond donors (Lipinski definition) is 4. The summed E-state index contributed by atoms with van der Waals surface area (Å²) in [5.41, 5.74) is 6.99. The Balaban J connectivity index is 1.74. The van der Waals surface area contributed by atoms with Gasteiger partial charge in [0.05, 0.1) is 6.20 Å². The molecule has 1 aromatic heterocycles. The average molecular weight is 590 g/mol. The minimum absolute atomic E-state index is 0.0346. The number of alkyl carbamates (subject to hydrolysis) is 1. The molecule has 3 atom stereocenters. The Bertz CT molecular complexity index is 1330. The van der Waals surface area contributed by atoms with Crippen LogP contribution in [0.4, 0.5) is 4.79 Å². The number of ether oxygens (including phenoxy) is 1. The molecule has 2 aromatic carbocycles. The number of hydrogen-bond acceptors (Lipinski definition) is 7. The average Bonchev–Trinajstić information content (AvgIpc) is 3.51. The molecule has 4 amide bonds. The van der Waals surface area contributed by atoms with E-state index in [9.17, 15) is 19.2 Å². The van der Waals surface area contributed by atoms with Crippen molar-refractivity contribution in [2.45, 2.75) is 64.3 Å². The molecule has 0 aliphatic rings. The van der Waals surface area contributed by atoms with Crippen LogP contribution in [0.5, 0.6) is 0 Å². The van der Waals surface area contributed by atoms with Gasteiger partial charge in [0.25, 0.3) is 0 Å². The summed E-state index contributed by atoms with van der Waals surface area (Å²) in [5, 5.41) is 12.0. The van der Waals surface area contributed by atoms with Gasteiger partial charge in [0, 0.05) is 24.9 Å². The van der Waals surface area contributed by atoms with Crippen molar-refractivity contribution in [3.05, 3.63) is 95.9 Å². The van der Waals surface area contributed by atoms with Crippen molar-refractivity contribution >= 4 is 29.9 Å². The maximum Gasteiger partial charge on any atom is 0.408 e. The number of amides is 4. The third kappa shape index (κ3) is 12.2. The number of primary amides is 1. The van der Waals surface area contributed by atoms with E-state index >= 15 is 0 Å². The highest BCUT2D eigenvalue weighted by Crippen LogP contribution is 2.11. The Morgan fingerprint density at radius 2 is 1.53 bits per heavy atom. The summed E-state index contributed by atoms with van der Waals surface area (Å²) in [5.74, 6) is -0.973. The molecule has 43 heavy (non-hydrogen) atoms. The van der Waals surface area contributed by atoms with Crippen molar-refractivity contribution in [1.82, 2.24) is 21.1 Å². The smallest absolute Gasteiger partial charge is 0.408 e. The van der Waals surface area contributed by atoms with Gasteiger partial charge in [-0.1, -0.05) is 85.7 Å². The first-order valence-corrected chi connectivity index (χ1v) is 14.2. The van der Waals surface area contributed by atoms with E-state index in [-0.39, 0.29) is 31.8 Å². The lowest BCUT2D eigenvalue weighted by molar-refractivity contribution is -0.130. The van der Waals surface area contributed by atoms with Crippen molar-refractivity contribution in [2.24, 2.45) is 11.7 Å². The van der Waals surface area contributed by atoms with Crippen molar-refractivity contribution in [1.29, 1.82) is 0 Å². The molecule has 228 valence electrons. The van der Waals surface area contributed by atoms with Gasteiger partial charge < -0.3 is 30.9 Å². The lowest BCUT2D eigenvalue weighted by atomic mass is 10.0. The Hall–Kier alpha value is -4.93. The molecule has 3 aromatic rings. The van der Waals surface area contributed by atoms with Gasteiger partial charge in [-0.3, -0.25) is 14.4 Å². The van der Waals surface area contributed by atoms with Gasteiger partial charge >= 0.3 is 6.09 Å². The fraction of sp³-hybridized carbons (Fsp3) is 0.344. The molecule has 0 aliphatic heterocycles. The molecule has 1 heterocycles. The monoisotopic (exact) mass is 589 g/mol. The van der Waals surface area contributed by atoms with Crippen LogP contribution in [-0.4, -0.2) is 47.1 Å². The molecule has 0 saturated carbocycles. The Kier molecular flexibility index (Phi) is 13.0. The van der Waals surface area contributed by atoms with Gasteiger partial charge in [0.15, 0.2) is 5.76 Å². The van der Waals surface area contributed by atoms with E-state index in [1.54, 1.807) is 18.2 Å². The van der Waals surface area contributed by atoms with Crippen LogP contribution in [0.15, 0.2) is 83.5 Å². The first-order valence-electron chi connectivity index (χ1n) is 14.2. The van der Waals surface area contributed by atoms with Crippen LogP contribution in [0.3, 0.4) is 0 Å². The number of aromatic nitrogens is 1. The second kappa shape index (κ2) is 17.1. The molecular formula is C32H39N5O6. The van der Waals surface area contributed by atoms with Crippen LogP contribution in [0, 0.1) is 5.92 Å². The molecule has 0 bridgehead atoms. The van der Waals surface area contributed by atoms with Gasteiger partial charge in [-0.15, -0.1) is 0 Å². The topological polar surface area (TPSA) is 166 Å². The molecule has 11 heteroatoms. The van der Waals surface area contributed by atoms with Crippen molar-refractivity contribution in [3.63, 3.8) is 0 Å². The third-order valence-corrected chi connectivity index (χ3v) is 6.42. The highest BCUT2D eigenvalue weighted by molar-refractivity contribution is 5.91. The third-order valence-electron chi connectivity index (χ3n) is 6.42. The predicted molar refractivity (Wildman–Crippen MR) is 161 cm³/mol. The van der Waals surface area contributed by atoms with Gasteiger partial charge in [-0.05, 0) is 36.0 Å².